The molecule has 0 saturated heterocycles. The molecule has 0 aromatic heterocycles. The van der Waals surface area contributed by atoms with E-state index >= 15 is 0 Å². The summed E-state index contributed by atoms with van der Waals surface area (Å²) in [5.41, 5.74) is 1.34. The molecule has 0 radical (unpaired) electrons. The van der Waals surface area contributed by atoms with E-state index in [1.54, 1.807) is 0 Å². The molecule has 1 aromatic rings. The van der Waals surface area contributed by atoms with Crippen molar-refractivity contribution in [1.82, 2.24) is 4.90 Å². The molecule has 0 heterocycles. The third-order valence-corrected chi connectivity index (χ3v) is 4.18. The quantitative estimate of drug-likeness (QED) is 0.454. The lowest BCUT2D eigenvalue weighted by Gasteiger charge is -2.31. The van der Waals surface area contributed by atoms with Gasteiger partial charge in [0.25, 0.3) is 0 Å². The minimum absolute atomic E-state index is 0.127. The molecule has 0 amide bonds. The first kappa shape index (κ1) is 11.6. The van der Waals surface area contributed by atoms with Crippen molar-refractivity contribution in [3.05, 3.63) is 60.2 Å². The molecule has 0 atom stereocenters. The van der Waals surface area contributed by atoms with Crippen LogP contribution in [0.4, 0.5) is 0 Å². The van der Waals surface area contributed by atoms with E-state index in [0.29, 0.717) is 5.92 Å². The molecule has 1 aliphatic carbocycles. The number of nitrogens with zero attached hydrogens (tertiary/aromatic N) is 1. The van der Waals surface area contributed by atoms with Crippen molar-refractivity contribution in [2.24, 2.45) is 0 Å². The molecule has 0 N–H and O–H groups in total. The largest absolute Gasteiger partial charge is 0.288 e. The molecule has 0 fully saturated rings. The molecule has 0 spiro atoms. The van der Waals surface area contributed by atoms with Gasteiger partial charge in [0.05, 0.1) is 0 Å². The zero-order valence-electron chi connectivity index (χ0n) is 9.60. The summed E-state index contributed by atoms with van der Waals surface area (Å²) in [4.78, 5) is 2.14. The van der Waals surface area contributed by atoms with Gasteiger partial charge >= 0.3 is 0 Å². The van der Waals surface area contributed by atoms with Crippen LogP contribution in [-0.2, 0) is 0 Å². The average molecular weight is 278 g/mol. The number of alkyl halides is 1. The van der Waals surface area contributed by atoms with E-state index in [2.05, 4.69) is 83.5 Å². The lowest BCUT2D eigenvalue weighted by atomic mass is 9.93. The molecule has 0 unspecified atom stereocenters. The van der Waals surface area contributed by atoms with E-state index in [-0.39, 0.29) is 4.45 Å². The summed E-state index contributed by atoms with van der Waals surface area (Å²) in [7, 11) is 4.12. The van der Waals surface area contributed by atoms with Gasteiger partial charge < -0.3 is 0 Å². The first-order valence-electron chi connectivity index (χ1n) is 5.42. The Labute approximate surface area is 106 Å². The van der Waals surface area contributed by atoms with Crippen LogP contribution in [0.2, 0.25) is 0 Å². The lowest BCUT2D eigenvalue weighted by Crippen LogP contribution is -2.35. The number of hydrogen-bond donors (Lipinski definition) is 0. The van der Waals surface area contributed by atoms with Gasteiger partial charge in [-0.2, -0.15) is 0 Å². The lowest BCUT2D eigenvalue weighted by molar-refractivity contribution is 0.364. The van der Waals surface area contributed by atoms with Gasteiger partial charge in [0.15, 0.2) is 0 Å². The maximum atomic E-state index is 3.71. The Bertz CT molecular complexity index is 392. The molecule has 16 heavy (non-hydrogen) atoms. The number of likely N-dealkylation sites (N-methyl/N-ethyl adjacent to an activating group) is 1. The minimum atomic E-state index is -0.127. The second-order valence-electron chi connectivity index (χ2n) is 4.28. The number of allylic oxidation sites excluding steroid dienone is 2. The highest BCUT2D eigenvalue weighted by Crippen LogP contribution is 2.32. The predicted octanol–water partition coefficient (Wildman–Crippen LogP) is 3.55. The highest BCUT2D eigenvalue weighted by molar-refractivity contribution is 9.10. The van der Waals surface area contributed by atoms with Crippen LogP contribution in [0.5, 0.6) is 0 Å². The monoisotopic (exact) mass is 277 g/mol. The van der Waals surface area contributed by atoms with Crippen LogP contribution < -0.4 is 0 Å². The summed E-state index contributed by atoms with van der Waals surface area (Å²) in [5, 5.41) is 0. The molecule has 0 bridgehead atoms. The van der Waals surface area contributed by atoms with Gasteiger partial charge in [-0.15, -0.1) is 0 Å². The Morgan fingerprint density at radius 1 is 1.06 bits per heavy atom. The molecule has 84 valence electrons. The fraction of sp³-hybridized carbons (Fsp3) is 0.286. The van der Waals surface area contributed by atoms with Crippen LogP contribution in [0.25, 0.3) is 0 Å². The van der Waals surface area contributed by atoms with Gasteiger partial charge in [-0.3, -0.25) is 4.90 Å². The van der Waals surface area contributed by atoms with E-state index in [0.717, 1.165) is 0 Å². The fourth-order valence-electron chi connectivity index (χ4n) is 1.79. The Balaban J connectivity index is 2.19. The molecule has 1 aromatic carbocycles. The SMILES string of the molecule is CN(C)C1(Br)C=CC(c2ccccc2)C=C1. The van der Waals surface area contributed by atoms with Crippen molar-refractivity contribution in [3.63, 3.8) is 0 Å². The zero-order valence-corrected chi connectivity index (χ0v) is 11.2. The Hall–Kier alpha value is -0.860. The predicted molar refractivity (Wildman–Crippen MR) is 72.8 cm³/mol. The molecule has 2 rings (SSSR count). The van der Waals surface area contributed by atoms with E-state index in [1.165, 1.54) is 5.56 Å². The van der Waals surface area contributed by atoms with E-state index < -0.39 is 0 Å². The zero-order chi connectivity index (χ0) is 11.6. The van der Waals surface area contributed by atoms with Crippen molar-refractivity contribution < 1.29 is 0 Å². The second kappa shape index (κ2) is 4.56. The summed E-state index contributed by atoms with van der Waals surface area (Å²) < 4.78 is -0.127. The summed E-state index contributed by atoms with van der Waals surface area (Å²) in [5.74, 6) is 0.395. The Morgan fingerprint density at radius 3 is 2.12 bits per heavy atom. The van der Waals surface area contributed by atoms with E-state index in [9.17, 15) is 0 Å². The number of hydrogen-bond acceptors (Lipinski definition) is 1. The third-order valence-electron chi connectivity index (χ3n) is 2.94. The van der Waals surface area contributed by atoms with E-state index in [4.69, 9.17) is 0 Å². The molecule has 0 aliphatic heterocycles. The summed E-state index contributed by atoms with van der Waals surface area (Å²) in [6.45, 7) is 0. The molecule has 1 nitrogen and oxygen atoms in total. The molecule has 0 saturated carbocycles. The van der Waals surface area contributed by atoms with Crippen molar-refractivity contribution in [3.8, 4) is 0 Å². The number of halogens is 1. The van der Waals surface area contributed by atoms with Crippen LogP contribution in [0.15, 0.2) is 54.6 Å². The van der Waals surface area contributed by atoms with Crippen LogP contribution in [0.1, 0.15) is 11.5 Å². The van der Waals surface area contributed by atoms with E-state index in [1.807, 2.05) is 6.07 Å². The molecular weight excluding hydrogens is 262 g/mol. The smallest absolute Gasteiger partial charge is 0.113 e. The van der Waals surface area contributed by atoms with Crippen LogP contribution in [-0.4, -0.2) is 23.4 Å². The Kier molecular flexibility index (Phi) is 3.31. The highest BCUT2D eigenvalue weighted by Gasteiger charge is 2.25. The highest BCUT2D eigenvalue weighted by atomic mass is 79.9. The average Bonchev–Trinajstić information content (AvgIpc) is 2.31. The van der Waals surface area contributed by atoms with Crippen molar-refractivity contribution in [1.29, 1.82) is 0 Å². The van der Waals surface area contributed by atoms with Crippen LogP contribution >= 0.6 is 15.9 Å². The first-order valence-corrected chi connectivity index (χ1v) is 6.21. The molecular formula is C14H16BrN. The second-order valence-corrected chi connectivity index (χ2v) is 5.55. The van der Waals surface area contributed by atoms with Gasteiger partial charge in [-0.25, -0.2) is 0 Å². The fourth-order valence-corrected chi connectivity index (χ4v) is 2.10. The normalized spacial score (nSPS) is 28.6. The van der Waals surface area contributed by atoms with Gasteiger partial charge in [-0.05, 0) is 19.7 Å². The van der Waals surface area contributed by atoms with Gasteiger partial charge in [0.2, 0.25) is 0 Å². The summed E-state index contributed by atoms with van der Waals surface area (Å²) >= 11 is 3.71. The first-order chi connectivity index (χ1) is 7.62. The maximum absolute atomic E-state index is 3.71. The van der Waals surface area contributed by atoms with Gasteiger partial charge in [-0.1, -0.05) is 70.6 Å². The molecule has 1 aliphatic rings. The standard InChI is InChI=1S/C14H16BrN/c1-16(2)14(15)10-8-13(9-11-14)12-6-4-3-5-7-12/h3-11,13H,1-2H3. The van der Waals surface area contributed by atoms with Crippen LogP contribution in [0, 0.1) is 0 Å². The van der Waals surface area contributed by atoms with Crippen molar-refractivity contribution in [2.45, 2.75) is 10.4 Å². The minimum Gasteiger partial charge on any atom is -0.288 e. The van der Waals surface area contributed by atoms with Gasteiger partial charge in [0, 0.05) is 5.92 Å². The van der Waals surface area contributed by atoms with Crippen molar-refractivity contribution >= 4 is 15.9 Å². The summed E-state index contributed by atoms with van der Waals surface area (Å²) in [6, 6.07) is 10.5. The topological polar surface area (TPSA) is 3.24 Å². The summed E-state index contributed by atoms with van der Waals surface area (Å²) in [6.07, 6.45) is 8.88. The third kappa shape index (κ3) is 2.28. The van der Waals surface area contributed by atoms with Gasteiger partial charge in [0.1, 0.15) is 4.45 Å². The maximum Gasteiger partial charge on any atom is 0.113 e. The number of benzene rings is 1. The molecule has 2 heteroatoms. The van der Waals surface area contributed by atoms with Crippen LogP contribution in [0.3, 0.4) is 0 Å². The Morgan fingerprint density at radius 2 is 1.62 bits per heavy atom. The van der Waals surface area contributed by atoms with Crippen molar-refractivity contribution in [2.75, 3.05) is 14.1 Å². The number of rotatable bonds is 2.